The Kier molecular flexibility index (Phi) is 3.59. The number of hydrogen-bond acceptors (Lipinski definition) is 1. The van der Waals surface area contributed by atoms with E-state index in [-0.39, 0.29) is 0 Å². The molecule has 0 amide bonds. The van der Waals surface area contributed by atoms with Crippen LogP contribution < -0.4 is 4.90 Å². The van der Waals surface area contributed by atoms with E-state index in [1.807, 2.05) is 0 Å². The van der Waals surface area contributed by atoms with E-state index >= 15 is 0 Å². The molecule has 0 N–H and O–H groups in total. The van der Waals surface area contributed by atoms with Crippen molar-refractivity contribution in [3.8, 4) is 22.3 Å². The molecule has 1 aliphatic carbocycles. The predicted octanol–water partition coefficient (Wildman–Crippen LogP) is 5.92. The van der Waals surface area contributed by atoms with Gasteiger partial charge in [-0.05, 0) is 59.6 Å². The lowest BCUT2D eigenvalue weighted by Gasteiger charge is -2.31. The maximum atomic E-state index is 2.58. The molecule has 0 unspecified atom stereocenters. The molecule has 1 saturated heterocycles. The van der Waals surface area contributed by atoms with Gasteiger partial charge < -0.3 is 4.90 Å². The number of rotatable bonds is 2. The number of piperidine rings is 1. The lowest BCUT2D eigenvalue weighted by Crippen LogP contribution is -2.29. The zero-order valence-corrected chi connectivity index (χ0v) is 14.5. The number of fused-ring (bicyclic) bond motifs is 3. The summed E-state index contributed by atoms with van der Waals surface area (Å²) in [7, 11) is 0. The molecule has 3 aromatic carbocycles. The fraction of sp³-hybridized carbons (Fsp3) is 0.250. The van der Waals surface area contributed by atoms with Crippen molar-refractivity contribution in [1.82, 2.24) is 0 Å². The Hall–Kier alpha value is -2.54. The van der Waals surface area contributed by atoms with Crippen molar-refractivity contribution in [1.29, 1.82) is 0 Å². The van der Waals surface area contributed by atoms with Crippen molar-refractivity contribution in [3.05, 3.63) is 77.9 Å². The Labute approximate surface area is 149 Å². The predicted molar refractivity (Wildman–Crippen MR) is 106 cm³/mol. The Morgan fingerprint density at radius 1 is 0.560 bits per heavy atom. The summed E-state index contributed by atoms with van der Waals surface area (Å²) < 4.78 is 0. The molecule has 1 fully saturated rings. The minimum absolute atomic E-state index is 1.05. The SMILES string of the molecule is c1ccc2c(c1)Cc1c-2cccc1-c1ccccc1N1CCCCC1. The third-order valence-electron chi connectivity index (χ3n) is 5.74. The molecule has 1 aliphatic heterocycles. The smallest absolute Gasteiger partial charge is 0.0445 e. The van der Waals surface area contributed by atoms with Gasteiger partial charge in [0.1, 0.15) is 0 Å². The molecule has 3 aromatic rings. The molecule has 1 heteroatoms. The third kappa shape index (κ3) is 2.46. The van der Waals surface area contributed by atoms with Crippen LogP contribution in [-0.2, 0) is 6.42 Å². The molecule has 5 rings (SSSR count). The van der Waals surface area contributed by atoms with Crippen LogP contribution >= 0.6 is 0 Å². The van der Waals surface area contributed by atoms with Crippen LogP contribution in [0.3, 0.4) is 0 Å². The van der Waals surface area contributed by atoms with E-state index in [0.717, 1.165) is 6.42 Å². The van der Waals surface area contributed by atoms with Crippen LogP contribution in [0.25, 0.3) is 22.3 Å². The van der Waals surface area contributed by atoms with Gasteiger partial charge in [-0.3, -0.25) is 0 Å². The molecule has 0 saturated carbocycles. The molecule has 0 radical (unpaired) electrons. The topological polar surface area (TPSA) is 3.24 Å². The van der Waals surface area contributed by atoms with Crippen LogP contribution in [0, 0.1) is 0 Å². The van der Waals surface area contributed by atoms with Gasteiger partial charge in [-0.25, -0.2) is 0 Å². The Bertz CT molecular complexity index is 919. The fourth-order valence-corrected chi connectivity index (χ4v) is 4.52. The zero-order valence-electron chi connectivity index (χ0n) is 14.5. The maximum absolute atomic E-state index is 2.58. The van der Waals surface area contributed by atoms with Crippen molar-refractivity contribution >= 4 is 5.69 Å². The summed E-state index contributed by atoms with van der Waals surface area (Å²) >= 11 is 0. The van der Waals surface area contributed by atoms with E-state index in [1.54, 1.807) is 0 Å². The lowest BCUT2D eigenvalue weighted by molar-refractivity contribution is 0.578. The molecular formula is C24H23N. The molecule has 0 atom stereocenters. The molecule has 1 nitrogen and oxygen atoms in total. The van der Waals surface area contributed by atoms with Gasteiger partial charge in [0, 0.05) is 24.3 Å². The van der Waals surface area contributed by atoms with Gasteiger partial charge in [0.15, 0.2) is 0 Å². The van der Waals surface area contributed by atoms with Crippen molar-refractivity contribution in [2.75, 3.05) is 18.0 Å². The van der Waals surface area contributed by atoms with E-state index in [9.17, 15) is 0 Å². The van der Waals surface area contributed by atoms with Gasteiger partial charge in [-0.2, -0.15) is 0 Å². The second-order valence-corrected chi connectivity index (χ2v) is 7.23. The number of anilines is 1. The van der Waals surface area contributed by atoms with Crippen LogP contribution in [0.2, 0.25) is 0 Å². The summed E-state index contributed by atoms with van der Waals surface area (Å²) in [6.07, 6.45) is 5.05. The largest absolute Gasteiger partial charge is 0.371 e. The van der Waals surface area contributed by atoms with Crippen LogP contribution in [-0.4, -0.2) is 13.1 Å². The van der Waals surface area contributed by atoms with Crippen LogP contribution in [0.15, 0.2) is 66.7 Å². The number of para-hydroxylation sites is 1. The first-order chi connectivity index (χ1) is 12.4. The van der Waals surface area contributed by atoms with Crippen molar-refractivity contribution in [2.24, 2.45) is 0 Å². The van der Waals surface area contributed by atoms with Gasteiger partial charge in [-0.1, -0.05) is 60.7 Å². The first kappa shape index (κ1) is 14.8. The molecule has 124 valence electrons. The minimum Gasteiger partial charge on any atom is -0.371 e. The second kappa shape index (κ2) is 6.07. The molecular weight excluding hydrogens is 302 g/mol. The Balaban J connectivity index is 1.65. The summed E-state index contributed by atoms with van der Waals surface area (Å²) in [5.74, 6) is 0. The maximum Gasteiger partial charge on any atom is 0.0445 e. The molecule has 0 aromatic heterocycles. The van der Waals surface area contributed by atoms with E-state index in [1.165, 1.54) is 71.4 Å². The summed E-state index contributed by atoms with van der Waals surface area (Å²) in [6, 6.07) is 24.7. The van der Waals surface area contributed by atoms with Crippen molar-refractivity contribution < 1.29 is 0 Å². The number of nitrogens with zero attached hydrogens (tertiary/aromatic N) is 1. The first-order valence-electron chi connectivity index (χ1n) is 9.46. The van der Waals surface area contributed by atoms with Gasteiger partial charge in [-0.15, -0.1) is 0 Å². The summed E-state index contributed by atoms with van der Waals surface area (Å²) in [4.78, 5) is 2.58. The highest BCUT2D eigenvalue weighted by Gasteiger charge is 2.23. The second-order valence-electron chi connectivity index (χ2n) is 7.23. The molecule has 1 heterocycles. The monoisotopic (exact) mass is 325 g/mol. The van der Waals surface area contributed by atoms with E-state index in [4.69, 9.17) is 0 Å². The summed E-state index contributed by atoms with van der Waals surface area (Å²) in [5.41, 5.74) is 10.0. The van der Waals surface area contributed by atoms with Gasteiger partial charge in [0.2, 0.25) is 0 Å². The minimum atomic E-state index is 1.05. The quantitative estimate of drug-likeness (QED) is 0.442. The van der Waals surface area contributed by atoms with Crippen LogP contribution in [0.4, 0.5) is 5.69 Å². The highest BCUT2D eigenvalue weighted by Crippen LogP contribution is 2.43. The standard InChI is InChI=1S/C24H23N/c1-6-15-25(16-7-1)24-14-5-4-11-22(24)21-13-8-12-20-19-10-3-2-9-18(19)17-23(20)21/h2-5,8-14H,1,6-7,15-17H2. The van der Waals surface area contributed by atoms with E-state index < -0.39 is 0 Å². The molecule has 25 heavy (non-hydrogen) atoms. The van der Waals surface area contributed by atoms with Crippen molar-refractivity contribution in [3.63, 3.8) is 0 Å². The third-order valence-corrected chi connectivity index (χ3v) is 5.74. The average Bonchev–Trinajstić information content (AvgIpc) is 3.07. The van der Waals surface area contributed by atoms with Crippen molar-refractivity contribution in [2.45, 2.75) is 25.7 Å². The highest BCUT2D eigenvalue weighted by molar-refractivity contribution is 5.88. The highest BCUT2D eigenvalue weighted by atomic mass is 15.1. The number of hydrogen-bond donors (Lipinski definition) is 0. The van der Waals surface area contributed by atoms with Gasteiger partial charge in [0.25, 0.3) is 0 Å². The van der Waals surface area contributed by atoms with Gasteiger partial charge >= 0.3 is 0 Å². The summed E-state index contributed by atoms with van der Waals surface area (Å²) in [5, 5.41) is 0. The first-order valence-corrected chi connectivity index (χ1v) is 9.46. The number of benzene rings is 3. The molecule has 2 aliphatic rings. The van der Waals surface area contributed by atoms with E-state index in [0.29, 0.717) is 0 Å². The molecule has 0 spiro atoms. The van der Waals surface area contributed by atoms with Crippen LogP contribution in [0.5, 0.6) is 0 Å². The molecule has 0 bridgehead atoms. The summed E-state index contributed by atoms with van der Waals surface area (Å²) in [6.45, 7) is 2.37. The Morgan fingerprint density at radius 2 is 1.20 bits per heavy atom. The van der Waals surface area contributed by atoms with Gasteiger partial charge in [0.05, 0.1) is 0 Å². The Morgan fingerprint density at radius 3 is 2.04 bits per heavy atom. The van der Waals surface area contributed by atoms with E-state index in [2.05, 4.69) is 71.6 Å². The normalized spacial score (nSPS) is 15.8. The fourth-order valence-electron chi connectivity index (χ4n) is 4.52. The van der Waals surface area contributed by atoms with Crippen LogP contribution in [0.1, 0.15) is 30.4 Å². The zero-order chi connectivity index (χ0) is 16.6. The average molecular weight is 325 g/mol. The lowest BCUT2D eigenvalue weighted by atomic mass is 9.94.